The van der Waals surface area contributed by atoms with Crippen molar-refractivity contribution in [1.29, 1.82) is 0 Å². The minimum atomic E-state index is -0.757. The molecule has 0 heterocycles. The molecule has 0 fully saturated rings. The Bertz CT molecular complexity index is 1190. The number of hydrogen-bond donors (Lipinski definition) is 4. The van der Waals surface area contributed by atoms with E-state index < -0.39 is 24.3 Å². The molecule has 0 unspecified atom stereocenters. The molecule has 47 heavy (non-hydrogen) atoms. The molecule has 2 aromatic carbocycles. The summed E-state index contributed by atoms with van der Waals surface area (Å²) in [5.74, 6) is -0.204. The van der Waals surface area contributed by atoms with E-state index >= 15 is 0 Å². The van der Waals surface area contributed by atoms with Gasteiger partial charge in [0.1, 0.15) is 25.3 Å². The molecule has 2 rings (SSSR count). The van der Waals surface area contributed by atoms with E-state index in [4.69, 9.17) is 15.2 Å². The molecule has 0 aliphatic rings. The van der Waals surface area contributed by atoms with Crippen LogP contribution >= 0.6 is 12.4 Å². The molecule has 0 aliphatic heterocycles. The predicted octanol–water partition coefficient (Wildman–Crippen LogP) is 5.16. The van der Waals surface area contributed by atoms with Crippen LogP contribution in [0.3, 0.4) is 0 Å². The summed E-state index contributed by atoms with van der Waals surface area (Å²) in [5, 5.41) is 8.36. The van der Waals surface area contributed by atoms with Gasteiger partial charge in [-0.25, -0.2) is 9.59 Å². The van der Waals surface area contributed by atoms with E-state index in [1.54, 1.807) is 4.90 Å². The molecule has 0 saturated heterocycles. The topological polar surface area (TPSA) is 152 Å². The molecule has 0 aliphatic carbocycles. The maximum Gasteiger partial charge on any atom is 0.408 e. The van der Waals surface area contributed by atoms with Gasteiger partial charge in [0.2, 0.25) is 11.8 Å². The van der Waals surface area contributed by atoms with Crippen molar-refractivity contribution < 1.29 is 28.7 Å². The SMILES string of the molecule is CC(C)C[C@H](NC(=O)OCc1ccccc1)C(=O)NCCCN(CCCCN)C(=O)[C@H](CC(C)C)NC(=O)OCc1ccccc1.Cl. The standard InChI is InChI=1S/C35H53N5O6.ClH/c1-26(2)22-30(38-34(43)45-24-28-14-7-5-8-15-28)32(41)37-19-13-21-40(20-12-11-18-36)33(42)31(23-27(3)4)39-35(44)46-25-29-16-9-6-10-17-29;/h5-10,14-17,26-27,30-31H,11-13,18-25,36H2,1-4H3,(H,37,41)(H,38,43)(H,39,44);1H/t30-,31-;/m0./s1. The maximum absolute atomic E-state index is 13.7. The second-order valence-corrected chi connectivity index (χ2v) is 12.2. The third-order valence-electron chi connectivity index (χ3n) is 7.14. The van der Waals surface area contributed by atoms with Gasteiger partial charge < -0.3 is 36.1 Å². The summed E-state index contributed by atoms with van der Waals surface area (Å²) in [4.78, 5) is 53.6. The first-order chi connectivity index (χ1) is 22.1. The second kappa shape index (κ2) is 23.5. The number of amides is 4. The smallest absolute Gasteiger partial charge is 0.408 e. The van der Waals surface area contributed by atoms with Gasteiger partial charge in [0.05, 0.1) is 0 Å². The first-order valence-corrected chi connectivity index (χ1v) is 16.3. The molecule has 262 valence electrons. The third-order valence-corrected chi connectivity index (χ3v) is 7.14. The Kier molecular flexibility index (Phi) is 20.6. The maximum atomic E-state index is 13.7. The lowest BCUT2D eigenvalue weighted by Gasteiger charge is -2.29. The number of carbonyl (C=O) groups is 4. The summed E-state index contributed by atoms with van der Waals surface area (Å²) in [6, 6.07) is 17.1. The minimum Gasteiger partial charge on any atom is -0.445 e. The van der Waals surface area contributed by atoms with Crippen LogP contribution in [0.25, 0.3) is 0 Å². The lowest BCUT2D eigenvalue weighted by molar-refractivity contribution is -0.134. The number of rotatable bonds is 20. The van der Waals surface area contributed by atoms with Crippen molar-refractivity contribution in [2.75, 3.05) is 26.2 Å². The van der Waals surface area contributed by atoms with Crippen LogP contribution in [0.15, 0.2) is 60.7 Å². The van der Waals surface area contributed by atoms with E-state index in [1.165, 1.54) is 0 Å². The van der Waals surface area contributed by atoms with Gasteiger partial charge in [0, 0.05) is 19.6 Å². The van der Waals surface area contributed by atoms with Crippen molar-refractivity contribution >= 4 is 36.4 Å². The zero-order valence-electron chi connectivity index (χ0n) is 28.2. The van der Waals surface area contributed by atoms with Gasteiger partial charge in [-0.15, -0.1) is 12.4 Å². The van der Waals surface area contributed by atoms with Crippen LogP contribution in [0.5, 0.6) is 0 Å². The highest BCUT2D eigenvalue weighted by atomic mass is 35.5. The lowest BCUT2D eigenvalue weighted by atomic mass is 10.0. The third kappa shape index (κ3) is 17.6. The van der Waals surface area contributed by atoms with Gasteiger partial charge in [0.15, 0.2) is 0 Å². The number of carbonyl (C=O) groups excluding carboxylic acids is 4. The number of halogens is 1. The van der Waals surface area contributed by atoms with Crippen LogP contribution in [0.1, 0.15) is 70.9 Å². The molecule has 12 heteroatoms. The average molecular weight is 676 g/mol. The Morgan fingerprint density at radius 2 is 1.17 bits per heavy atom. The van der Waals surface area contributed by atoms with Gasteiger partial charge in [-0.1, -0.05) is 88.4 Å². The van der Waals surface area contributed by atoms with Gasteiger partial charge in [-0.05, 0) is 61.6 Å². The number of nitrogens with zero attached hydrogens (tertiary/aromatic N) is 1. The van der Waals surface area contributed by atoms with Crippen LogP contribution in [0, 0.1) is 11.8 Å². The molecule has 11 nitrogen and oxygen atoms in total. The average Bonchev–Trinajstić information content (AvgIpc) is 3.03. The summed E-state index contributed by atoms with van der Waals surface area (Å²) in [6.07, 6.45) is 1.54. The molecule has 0 spiro atoms. The number of nitrogens with one attached hydrogen (secondary N) is 3. The molecule has 2 aromatic rings. The number of nitrogens with two attached hydrogens (primary N) is 1. The fraction of sp³-hybridized carbons (Fsp3) is 0.543. The first-order valence-electron chi connectivity index (χ1n) is 16.3. The van der Waals surface area contributed by atoms with Gasteiger partial charge in [-0.2, -0.15) is 0 Å². The molecule has 0 aromatic heterocycles. The van der Waals surface area contributed by atoms with Gasteiger partial charge >= 0.3 is 12.2 Å². The zero-order valence-corrected chi connectivity index (χ0v) is 29.1. The number of alkyl carbamates (subject to hydrolysis) is 2. The number of ether oxygens (including phenoxy) is 2. The zero-order chi connectivity index (χ0) is 33.7. The Labute approximate surface area is 286 Å². The normalized spacial score (nSPS) is 12.0. The fourth-order valence-electron chi connectivity index (χ4n) is 4.81. The van der Waals surface area contributed by atoms with E-state index in [0.717, 1.165) is 17.5 Å². The molecule has 0 bridgehead atoms. The fourth-order valence-corrected chi connectivity index (χ4v) is 4.81. The number of hydrogen-bond acceptors (Lipinski definition) is 7. The molecular formula is C35H54ClN5O6. The summed E-state index contributed by atoms with van der Waals surface area (Å²) in [6.45, 7) is 9.80. The van der Waals surface area contributed by atoms with Gasteiger partial charge in [0.25, 0.3) is 0 Å². The summed E-state index contributed by atoms with van der Waals surface area (Å²) in [5.41, 5.74) is 7.40. The van der Waals surface area contributed by atoms with Crippen LogP contribution < -0.4 is 21.7 Å². The van der Waals surface area contributed by atoms with Crippen molar-refractivity contribution in [1.82, 2.24) is 20.9 Å². The summed E-state index contributed by atoms with van der Waals surface area (Å²) >= 11 is 0. The Hall–Kier alpha value is -3.83. The Balaban J connectivity index is 0.0000110. The minimum absolute atomic E-state index is 0. The van der Waals surface area contributed by atoms with E-state index in [2.05, 4.69) is 16.0 Å². The number of benzene rings is 2. The Morgan fingerprint density at radius 1 is 0.702 bits per heavy atom. The van der Waals surface area contributed by atoms with Crippen molar-refractivity contribution in [2.45, 2.75) is 85.1 Å². The quantitative estimate of drug-likeness (QED) is 0.141. The van der Waals surface area contributed by atoms with Crippen LogP contribution in [0.4, 0.5) is 9.59 Å². The van der Waals surface area contributed by atoms with E-state index in [1.807, 2.05) is 88.4 Å². The van der Waals surface area contributed by atoms with Crippen molar-refractivity contribution in [3.8, 4) is 0 Å². The van der Waals surface area contributed by atoms with E-state index in [9.17, 15) is 19.2 Å². The Morgan fingerprint density at radius 3 is 1.66 bits per heavy atom. The molecule has 2 atom stereocenters. The highest BCUT2D eigenvalue weighted by Crippen LogP contribution is 2.12. The highest BCUT2D eigenvalue weighted by Gasteiger charge is 2.27. The predicted molar refractivity (Wildman–Crippen MR) is 186 cm³/mol. The van der Waals surface area contributed by atoms with Gasteiger partial charge in [-0.3, -0.25) is 9.59 Å². The first kappa shape index (κ1) is 41.2. The summed E-state index contributed by atoms with van der Waals surface area (Å²) in [7, 11) is 0. The second-order valence-electron chi connectivity index (χ2n) is 12.2. The van der Waals surface area contributed by atoms with Crippen LogP contribution in [-0.2, 0) is 32.3 Å². The molecule has 0 radical (unpaired) electrons. The molecule has 4 amide bonds. The van der Waals surface area contributed by atoms with Crippen molar-refractivity contribution in [3.63, 3.8) is 0 Å². The highest BCUT2D eigenvalue weighted by molar-refractivity contribution is 5.86. The monoisotopic (exact) mass is 675 g/mol. The van der Waals surface area contributed by atoms with Crippen molar-refractivity contribution in [2.24, 2.45) is 17.6 Å². The van der Waals surface area contributed by atoms with E-state index in [-0.39, 0.29) is 49.3 Å². The van der Waals surface area contributed by atoms with Crippen LogP contribution in [-0.4, -0.2) is 67.2 Å². The molecular weight excluding hydrogens is 622 g/mol. The lowest BCUT2D eigenvalue weighted by Crippen LogP contribution is -2.50. The summed E-state index contributed by atoms with van der Waals surface area (Å²) < 4.78 is 10.7. The van der Waals surface area contributed by atoms with Crippen LogP contribution in [0.2, 0.25) is 0 Å². The largest absolute Gasteiger partial charge is 0.445 e. The molecule has 0 saturated carbocycles. The van der Waals surface area contributed by atoms with Crippen molar-refractivity contribution in [3.05, 3.63) is 71.8 Å². The molecule has 5 N–H and O–H groups in total. The van der Waals surface area contributed by atoms with E-state index in [0.29, 0.717) is 51.9 Å². The number of unbranched alkanes of at least 4 members (excludes halogenated alkanes) is 1.